The van der Waals surface area contributed by atoms with E-state index < -0.39 is 6.10 Å². The monoisotopic (exact) mass is 1080 g/mol. The van der Waals surface area contributed by atoms with E-state index in [1.807, 2.05) is 0 Å². The van der Waals surface area contributed by atoms with E-state index in [0.717, 1.165) is 135 Å². The molecule has 0 bridgehead atoms. The molecule has 0 radical (unpaired) electrons. The molecule has 1 atom stereocenters. The SMILES string of the molecule is CC/C=C\C/C=C\C/C=C\C/C=C\C/C=C\C/C=C\C/C=C\C/C=C\C/C=C\C/C=C\CCCCCCC(=O)OCC(COC(=O)CCCCCCCC)OC(=O)CCCCCCCCCCCCCCCCCCCCC. The van der Waals surface area contributed by atoms with Crippen molar-refractivity contribution >= 4 is 17.9 Å². The first-order valence-electron chi connectivity index (χ1n) is 32.5. The van der Waals surface area contributed by atoms with Crippen LogP contribution >= 0.6 is 0 Å². The number of hydrogen-bond donors (Lipinski definition) is 0. The standard InChI is InChI=1S/C72H120O6/c1-4-7-10-13-16-18-20-22-24-26-28-29-30-31-32-33-34-35-36-37-38-39-40-41-42-43-45-46-48-50-52-54-56-59-62-65-71(74)77-68-69(67-76-70(73)64-61-58-15-12-9-6-3)78-72(75)66-63-60-57-55-53-51-49-47-44-27-25-23-21-19-17-14-11-8-5-2/h7,10,16,18,22,24,28-29,31-32,34-35,37-38,40-41,43,45,48,50,69H,4-6,8-9,11-15,17,19-21,23,25-27,30,33,36,39,42,44,46-47,49,51-68H2,1-3H3/b10-7-,18-16-,24-22-,29-28-,32-31-,35-34-,38-37-,41-40-,45-43-,50-48-. The fourth-order valence-corrected chi connectivity index (χ4v) is 8.88. The van der Waals surface area contributed by atoms with Crippen LogP contribution in [-0.4, -0.2) is 37.2 Å². The van der Waals surface area contributed by atoms with Crippen LogP contribution in [0.5, 0.6) is 0 Å². The van der Waals surface area contributed by atoms with Crippen LogP contribution in [0.2, 0.25) is 0 Å². The summed E-state index contributed by atoms with van der Waals surface area (Å²) in [5, 5.41) is 0. The third-order valence-corrected chi connectivity index (χ3v) is 13.7. The average Bonchev–Trinajstić information content (AvgIpc) is 3.44. The lowest BCUT2D eigenvalue weighted by Crippen LogP contribution is -2.30. The van der Waals surface area contributed by atoms with Gasteiger partial charge < -0.3 is 14.2 Å². The van der Waals surface area contributed by atoms with Gasteiger partial charge in [-0.3, -0.25) is 14.4 Å². The van der Waals surface area contributed by atoms with E-state index in [1.54, 1.807) is 0 Å². The molecule has 0 saturated carbocycles. The van der Waals surface area contributed by atoms with E-state index in [0.29, 0.717) is 19.3 Å². The largest absolute Gasteiger partial charge is 0.462 e. The van der Waals surface area contributed by atoms with Crippen molar-refractivity contribution in [3.63, 3.8) is 0 Å². The summed E-state index contributed by atoms with van der Waals surface area (Å²) in [6.07, 6.45) is 91.0. The molecule has 444 valence electrons. The lowest BCUT2D eigenvalue weighted by Gasteiger charge is -2.18. The van der Waals surface area contributed by atoms with Gasteiger partial charge in [-0.15, -0.1) is 0 Å². The number of allylic oxidation sites excluding steroid dienone is 20. The Morgan fingerprint density at radius 2 is 0.500 bits per heavy atom. The Bertz CT molecular complexity index is 1620. The molecule has 0 aromatic heterocycles. The van der Waals surface area contributed by atoms with E-state index in [2.05, 4.69) is 142 Å². The van der Waals surface area contributed by atoms with Crippen LogP contribution in [-0.2, 0) is 28.6 Å². The minimum absolute atomic E-state index is 0.0850. The van der Waals surface area contributed by atoms with Gasteiger partial charge >= 0.3 is 17.9 Å². The molecule has 0 spiro atoms. The molecule has 0 saturated heterocycles. The first kappa shape index (κ1) is 73.8. The van der Waals surface area contributed by atoms with E-state index in [9.17, 15) is 14.4 Å². The van der Waals surface area contributed by atoms with Gasteiger partial charge in [0, 0.05) is 19.3 Å². The molecule has 0 aliphatic rings. The lowest BCUT2D eigenvalue weighted by molar-refractivity contribution is -0.167. The number of esters is 3. The number of carbonyl (C=O) groups excluding carboxylic acids is 3. The highest BCUT2D eigenvalue weighted by Crippen LogP contribution is 2.16. The topological polar surface area (TPSA) is 78.9 Å². The zero-order chi connectivity index (χ0) is 56.4. The van der Waals surface area contributed by atoms with Crippen molar-refractivity contribution in [1.29, 1.82) is 0 Å². The van der Waals surface area contributed by atoms with Gasteiger partial charge in [-0.2, -0.15) is 0 Å². The summed E-state index contributed by atoms with van der Waals surface area (Å²) in [5.74, 6) is -0.914. The highest BCUT2D eigenvalue weighted by Gasteiger charge is 2.19. The number of ether oxygens (including phenoxy) is 3. The van der Waals surface area contributed by atoms with Crippen molar-refractivity contribution in [3.05, 3.63) is 122 Å². The molecular weight excluding hydrogens is 961 g/mol. The minimum atomic E-state index is -0.786. The summed E-state index contributed by atoms with van der Waals surface area (Å²) in [6.45, 7) is 6.46. The Kier molecular flexibility index (Phi) is 61.8. The number of rotatable bonds is 58. The maximum absolute atomic E-state index is 12.8. The third kappa shape index (κ3) is 62.7. The number of hydrogen-bond acceptors (Lipinski definition) is 6. The Balaban J connectivity index is 4.15. The molecule has 0 heterocycles. The summed E-state index contributed by atoms with van der Waals surface area (Å²) < 4.78 is 16.8. The van der Waals surface area contributed by atoms with Crippen molar-refractivity contribution in [2.75, 3.05) is 13.2 Å². The molecule has 6 heteroatoms. The van der Waals surface area contributed by atoms with Crippen LogP contribution in [0.3, 0.4) is 0 Å². The predicted molar refractivity (Wildman–Crippen MR) is 339 cm³/mol. The van der Waals surface area contributed by atoms with Gasteiger partial charge in [-0.1, -0.05) is 303 Å². The highest BCUT2D eigenvalue weighted by atomic mass is 16.6. The quantitative estimate of drug-likeness (QED) is 0.0261. The van der Waals surface area contributed by atoms with Gasteiger partial charge in [0.2, 0.25) is 0 Å². The molecule has 0 aliphatic heterocycles. The second kappa shape index (κ2) is 65.3. The van der Waals surface area contributed by atoms with Gasteiger partial charge in [0.15, 0.2) is 6.10 Å². The third-order valence-electron chi connectivity index (χ3n) is 13.7. The average molecular weight is 1080 g/mol. The second-order valence-corrected chi connectivity index (χ2v) is 21.3. The van der Waals surface area contributed by atoms with Crippen molar-refractivity contribution in [3.8, 4) is 0 Å². The second-order valence-electron chi connectivity index (χ2n) is 21.3. The fourth-order valence-electron chi connectivity index (χ4n) is 8.88. The molecule has 78 heavy (non-hydrogen) atoms. The van der Waals surface area contributed by atoms with Crippen LogP contribution in [0, 0.1) is 0 Å². The van der Waals surface area contributed by atoms with Crippen LogP contribution in [0.1, 0.15) is 297 Å². The predicted octanol–water partition coefficient (Wildman–Crippen LogP) is 22.4. The van der Waals surface area contributed by atoms with Gasteiger partial charge in [-0.25, -0.2) is 0 Å². The Morgan fingerprint density at radius 1 is 0.269 bits per heavy atom. The Morgan fingerprint density at radius 3 is 0.782 bits per heavy atom. The molecule has 0 aromatic rings. The fraction of sp³-hybridized carbons (Fsp3) is 0.681. The number of unbranched alkanes of at least 4 members (excludes halogenated alkanes) is 27. The van der Waals surface area contributed by atoms with Gasteiger partial charge in [0.25, 0.3) is 0 Å². The Hall–Kier alpha value is -4.19. The molecule has 0 N–H and O–H groups in total. The van der Waals surface area contributed by atoms with Crippen LogP contribution in [0.15, 0.2) is 122 Å². The molecule has 0 aliphatic carbocycles. The van der Waals surface area contributed by atoms with E-state index in [-0.39, 0.29) is 31.1 Å². The molecule has 0 rings (SSSR count). The highest BCUT2D eigenvalue weighted by molar-refractivity contribution is 5.71. The van der Waals surface area contributed by atoms with Crippen molar-refractivity contribution in [2.45, 2.75) is 303 Å². The first-order valence-corrected chi connectivity index (χ1v) is 32.5. The van der Waals surface area contributed by atoms with E-state index in [1.165, 1.54) is 122 Å². The smallest absolute Gasteiger partial charge is 0.306 e. The minimum Gasteiger partial charge on any atom is -0.462 e. The van der Waals surface area contributed by atoms with E-state index >= 15 is 0 Å². The first-order chi connectivity index (χ1) is 38.5. The van der Waals surface area contributed by atoms with Crippen LogP contribution < -0.4 is 0 Å². The van der Waals surface area contributed by atoms with Gasteiger partial charge in [-0.05, 0) is 96.3 Å². The zero-order valence-electron chi connectivity index (χ0n) is 50.9. The van der Waals surface area contributed by atoms with Gasteiger partial charge in [0.1, 0.15) is 13.2 Å². The van der Waals surface area contributed by atoms with E-state index in [4.69, 9.17) is 14.2 Å². The van der Waals surface area contributed by atoms with Crippen molar-refractivity contribution in [2.24, 2.45) is 0 Å². The van der Waals surface area contributed by atoms with Crippen LogP contribution in [0.4, 0.5) is 0 Å². The number of carbonyl (C=O) groups is 3. The maximum Gasteiger partial charge on any atom is 0.306 e. The molecule has 0 fully saturated rings. The van der Waals surface area contributed by atoms with Gasteiger partial charge in [0.05, 0.1) is 0 Å². The van der Waals surface area contributed by atoms with Crippen molar-refractivity contribution in [1.82, 2.24) is 0 Å². The van der Waals surface area contributed by atoms with Crippen LogP contribution in [0.25, 0.3) is 0 Å². The molecule has 0 aromatic carbocycles. The summed E-state index contributed by atoms with van der Waals surface area (Å²) in [7, 11) is 0. The summed E-state index contributed by atoms with van der Waals surface area (Å²) in [4.78, 5) is 38.0. The molecule has 1 unspecified atom stereocenters. The summed E-state index contributed by atoms with van der Waals surface area (Å²) in [5.41, 5.74) is 0. The summed E-state index contributed by atoms with van der Waals surface area (Å²) >= 11 is 0. The zero-order valence-corrected chi connectivity index (χ0v) is 50.9. The molecule has 0 amide bonds. The lowest BCUT2D eigenvalue weighted by atomic mass is 10.0. The maximum atomic E-state index is 12.8. The molecule has 6 nitrogen and oxygen atoms in total. The van der Waals surface area contributed by atoms with Crippen molar-refractivity contribution < 1.29 is 28.6 Å². The molecular formula is C72H120O6. The normalized spacial score (nSPS) is 12.9. The summed E-state index contributed by atoms with van der Waals surface area (Å²) in [6, 6.07) is 0. The Labute approximate surface area is 482 Å².